The van der Waals surface area contributed by atoms with E-state index in [1.165, 1.54) is 66.8 Å². The molecule has 0 aliphatic carbocycles. The lowest BCUT2D eigenvalue weighted by molar-refractivity contribution is 0.663. The second-order valence-corrected chi connectivity index (χ2v) is 19.1. The number of furan rings is 2. The minimum Gasteiger partial charge on any atom is -0.456 e. The summed E-state index contributed by atoms with van der Waals surface area (Å²) in [6.45, 7) is 26.6. The summed E-state index contributed by atoms with van der Waals surface area (Å²) in [4.78, 5) is 4.87. The summed E-state index contributed by atoms with van der Waals surface area (Å²) < 4.78 is 14.1. The number of rotatable bonds is 6. The molecule has 0 bridgehead atoms. The molecule has 2 heterocycles. The highest BCUT2D eigenvalue weighted by Crippen LogP contribution is 2.51. The molecule has 11 aromatic rings. The van der Waals surface area contributed by atoms with E-state index in [-0.39, 0.29) is 0 Å². The van der Waals surface area contributed by atoms with Gasteiger partial charge in [-0.25, -0.2) is 0 Å². The van der Waals surface area contributed by atoms with Crippen LogP contribution in [-0.4, -0.2) is 0 Å². The first-order valence-electron chi connectivity index (χ1n) is 23.2. The van der Waals surface area contributed by atoms with Gasteiger partial charge in [-0.1, -0.05) is 48.5 Å². The molecular formula is C62H56N2O2. The highest BCUT2D eigenvalue weighted by molar-refractivity contribution is 6.35. The molecule has 0 aliphatic rings. The van der Waals surface area contributed by atoms with Crippen LogP contribution in [0.4, 0.5) is 34.1 Å². The van der Waals surface area contributed by atoms with E-state index in [4.69, 9.17) is 8.83 Å². The Balaban J connectivity index is 1.22. The van der Waals surface area contributed by atoms with Crippen LogP contribution in [0.25, 0.3) is 65.4 Å². The van der Waals surface area contributed by atoms with Crippen molar-refractivity contribution < 1.29 is 8.83 Å². The molecule has 0 unspecified atom stereocenters. The normalized spacial score (nSPS) is 11.9. The second kappa shape index (κ2) is 15.1. The van der Waals surface area contributed by atoms with Gasteiger partial charge in [-0.2, -0.15) is 0 Å². The van der Waals surface area contributed by atoms with Crippen LogP contribution in [0.1, 0.15) is 66.8 Å². The predicted molar refractivity (Wildman–Crippen MR) is 282 cm³/mol. The van der Waals surface area contributed by atoms with Crippen molar-refractivity contribution in [2.45, 2.75) is 83.1 Å². The smallest absolute Gasteiger partial charge is 0.138 e. The van der Waals surface area contributed by atoms with Gasteiger partial charge in [-0.15, -0.1) is 0 Å². The molecule has 326 valence electrons. The van der Waals surface area contributed by atoms with Crippen molar-refractivity contribution in [3.63, 3.8) is 0 Å². The van der Waals surface area contributed by atoms with Crippen molar-refractivity contribution in [3.05, 3.63) is 188 Å². The van der Waals surface area contributed by atoms with Gasteiger partial charge in [-0.3, -0.25) is 0 Å². The number of hydrogen-bond acceptors (Lipinski definition) is 4. The van der Waals surface area contributed by atoms with E-state index in [1.54, 1.807) is 0 Å². The van der Waals surface area contributed by atoms with Gasteiger partial charge in [0.25, 0.3) is 0 Å². The molecular weight excluding hydrogens is 805 g/mol. The molecule has 0 saturated carbocycles. The van der Waals surface area contributed by atoms with Gasteiger partial charge in [0.1, 0.15) is 22.3 Å². The molecule has 4 nitrogen and oxygen atoms in total. The number of nitrogens with zero attached hydrogens (tertiary/aromatic N) is 2. The van der Waals surface area contributed by atoms with Crippen molar-refractivity contribution in [2.24, 2.45) is 0 Å². The minimum atomic E-state index is 0.837. The summed E-state index contributed by atoms with van der Waals surface area (Å²) >= 11 is 0. The van der Waals surface area contributed by atoms with Crippen LogP contribution in [0.3, 0.4) is 0 Å². The van der Waals surface area contributed by atoms with E-state index >= 15 is 0 Å². The fraction of sp³-hybridized carbons (Fsp3) is 0.194. The number of fused-ring (bicyclic) bond motifs is 11. The van der Waals surface area contributed by atoms with Crippen LogP contribution >= 0.6 is 0 Å². The zero-order valence-corrected chi connectivity index (χ0v) is 40.3. The zero-order valence-electron chi connectivity index (χ0n) is 40.3. The zero-order chi connectivity index (χ0) is 46.0. The van der Waals surface area contributed by atoms with Gasteiger partial charge in [0.15, 0.2) is 0 Å². The lowest BCUT2D eigenvalue weighted by Gasteiger charge is -2.29. The Bertz CT molecular complexity index is 3400. The first-order valence-corrected chi connectivity index (χ1v) is 23.2. The van der Waals surface area contributed by atoms with Gasteiger partial charge >= 0.3 is 0 Å². The Morgan fingerprint density at radius 3 is 0.803 bits per heavy atom. The topological polar surface area (TPSA) is 32.8 Å². The van der Waals surface area contributed by atoms with Gasteiger partial charge in [0.2, 0.25) is 0 Å². The summed E-state index contributed by atoms with van der Waals surface area (Å²) in [5.74, 6) is 0. The van der Waals surface area contributed by atoms with E-state index in [0.29, 0.717) is 0 Å². The molecule has 0 fully saturated rings. The summed E-state index contributed by atoms with van der Waals surface area (Å²) in [6, 6.07) is 45.0. The maximum Gasteiger partial charge on any atom is 0.138 e. The number of aryl methyl sites for hydroxylation is 8. The lowest BCUT2D eigenvalue weighted by Crippen LogP contribution is -2.12. The van der Waals surface area contributed by atoms with Crippen LogP contribution in [0.2, 0.25) is 0 Å². The summed E-state index contributed by atoms with van der Waals surface area (Å²) in [5.41, 5.74) is 25.5. The molecule has 2 aromatic heterocycles. The highest BCUT2D eigenvalue weighted by Gasteiger charge is 2.27. The van der Waals surface area contributed by atoms with Crippen LogP contribution in [0.15, 0.2) is 130 Å². The third-order valence-electron chi connectivity index (χ3n) is 15.2. The Morgan fingerprint density at radius 1 is 0.273 bits per heavy atom. The maximum atomic E-state index is 7.06. The number of hydrogen-bond donors (Lipinski definition) is 0. The quantitative estimate of drug-likeness (QED) is 0.167. The van der Waals surface area contributed by atoms with E-state index in [9.17, 15) is 0 Å². The molecule has 11 rings (SSSR count). The molecule has 9 aromatic carbocycles. The van der Waals surface area contributed by atoms with Crippen LogP contribution in [0, 0.1) is 83.1 Å². The SMILES string of the molecule is Cc1cc(N(c2cc(C)c(C)c(C)c2)c2cc3oc4ccc5oc6cc(N(c7cc(C)c(C)c(C)c7)c7cc(C)c(C)c(C)c7)c7ccccc7c6c5c4c3c3ccccc23)cc(C)c1C. The molecule has 0 amide bonds. The fourth-order valence-corrected chi connectivity index (χ4v) is 10.6. The third kappa shape index (κ3) is 6.26. The molecule has 0 saturated heterocycles. The van der Waals surface area contributed by atoms with Gasteiger partial charge in [0.05, 0.1) is 11.4 Å². The molecule has 0 aliphatic heterocycles. The summed E-state index contributed by atoms with van der Waals surface area (Å²) in [7, 11) is 0. The van der Waals surface area contributed by atoms with Crippen molar-refractivity contribution in [2.75, 3.05) is 9.80 Å². The largest absolute Gasteiger partial charge is 0.456 e. The molecule has 0 radical (unpaired) electrons. The van der Waals surface area contributed by atoms with Crippen molar-refractivity contribution >= 4 is 99.5 Å². The molecule has 0 spiro atoms. The van der Waals surface area contributed by atoms with Crippen LogP contribution in [-0.2, 0) is 0 Å². The fourth-order valence-electron chi connectivity index (χ4n) is 10.6. The molecule has 4 heteroatoms. The standard InChI is InChI=1S/C62H56N2O2/c1-33-23-45(24-34(2)41(33)9)63(46-25-35(3)42(10)36(4)26-46)53-31-57-59(51-19-15-13-17-49(51)53)61-55(65-57)21-22-56-62(61)60-52-20-16-14-18-50(52)54(32-58(60)66-56)64(47-27-37(5)43(11)38(6)28-47)48-29-39(7)44(12)40(8)30-48/h13-32H,1-12H3. The monoisotopic (exact) mass is 860 g/mol. The van der Waals surface area contributed by atoms with Crippen LogP contribution in [0.5, 0.6) is 0 Å². The Morgan fingerprint density at radius 2 is 0.530 bits per heavy atom. The highest BCUT2D eigenvalue weighted by atomic mass is 16.3. The first-order chi connectivity index (χ1) is 31.7. The minimum absolute atomic E-state index is 0.837. The molecule has 66 heavy (non-hydrogen) atoms. The van der Waals surface area contributed by atoms with E-state index in [2.05, 4.69) is 214 Å². The lowest BCUT2D eigenvalue weighted by atomic mass is 9.95. The third-order valence-corrected chi connectivity index (χ3v) is 15.2. The summed E-state index contributed by atoms with van der Waals surface area (Å²) in [6.07, 6.45) is 0. The summed E-state index contributed by atoms with van der Waals surface area (Å²) in [5, 5.41) is 8.91. The average molecular weight is 861 g/mol. The van der Waals surface area contributed by atoms with Gasteiger partial charge in [0, 0.05) is 67.2 Å². The Labute approximate surface area is 387 Å². The Hall–Kier alpha value is -7.30. The first kappa shape index (κ1) is 41.4. The number of anilines is 6. The molecule has 0 N–H and O–H groups in total. The van der Waals surface area contributed by atoms with E-state index < -0.39 is 0 Å². The van der Waals surface area contributed by atoms with E-state index in [1.807, 2.05) is 0 Å². The predicted octanol–water partition coefficient (Wildman–Crippen LogP) is 18.4. The molecule has 0 atom stereocenters. The van der Waals surface area contributed by atoms with Crippen LogP contribution < -0.4 is 9.80 Å². The maximum absolute atomic E-state index is 7.06. The van der Waals surface area contributed by atoms with Crippen molar-refractivity contribution in [1.29, 1.82) is 0 Å². The average Bonchev–Trinajstić information content (AvgIpc) is 3.87. The number of benzene rings is 9. The Kier molecular flexibility index (Phi) is 9.50. The van der Waals surface area contributed by atoms with Gasteiger partial charge in [-0.05, 0) is 221 Å². The van der Waals surface area contributed by atoms with E-state index in [0.717, 1.165) is 99.5 Å². The van der Waals surface area contributed by atoms with Gasteiger partial charge < -0.3 is 18.6 Å². The van der Waals surface area contributed by atoms with Crippen molar-refractivity contribution in [1.82, 2.24) is 0 Å². The van der Waals surface area contributed by atoms with Crippen molar-refractivity contribution in [3.8, 4) is 0 Å². The second-order valence-electron chi connectivity index (χ2n) is 19.1.